The molecule has 0 spiro atoms. The molecule has 0 aliphatic heterocycles. The summed E-state index contributed by atoms with van der Waals surface area (Å²) in [7, 11) is 0. The molecular weight excluding hydrogens is 221 g/mol. The predicted molar refractivity (Wildman–Crippen MR) is 51.5 cm³/mol. The van der Waals surface area contributed by atoms with Crippen LogP contribution in [0.3, 0.4) is 0 Å². The van der Waals surface area contributed by atoms with E-state index < -0.39 is 18.6 Å². The Labute approximate surface area is 88.7 Å². The first-order chi connectivity index (χ1) is 7.46. The van der Waals surface area contributed by atoms with Gasteiger partial charge in [-0.05, 0) is 6.07 Å². The molecule has 0 aromatic carbocycles. The molecule has 0 aliphatic carbocycles. The number of nitrogens with one attached hydrogen (secondary N) is 1. The van der Waals surface area contributed by atoms with Gasteiger partial charge >= 0.3 is 6.18 Å². The van der Waals surface area contributed by atoms with E-state index in [0.717, 1.165) is 0 Å². The fourth-order valence-electron chi connectivity index (χ4n) is 1.38. The number of hydrogen-bond acceptors (Lipinski definition) is 3. The summed E-state index contributed by atoms with van der Waals surface area (Å²) < 4.78 is 36.3. The molecule has 0 bridgehead atoms. The second-order valence-corrected chi connectivity index (χ2v) is 3.43. The van der Waals surface area contributed by atoms with Crippen molar-refractivity contribution in [2.75, 3.05) is 0 Å². The van der Waals surface area contributed by atoms with E-state index in [1.54, 1.807) is 12.3 Å². The largest absolute Gasteiger partial charge is 0.390 e. The number of hydrogen-bond donors (Lipinski definition) is 2. The van der Waals surface area contributed by atoms with Crippen LogP contribution in [0.2, 0.25) is 0 Å². The zero-order valence-electron chi connectivity index (χ0n) is 8.12. The maximum absolute atomic E-state index is 12.1. The van der Waals surface area contributed by atoms with E-state index in [1.807, 2.05) is 0 Å². The molecule has 1 atom stereocenters. The molecule has 0 amide bonds. The summed E-state index contributed by atoms with van der Waals surface area (Å²) in [6, 6.07) is 0.457. The average molecular weight is 230 g/mol. The van der Waals surface area contributed by atoms with Crippen LogP contribution in [0.4, 0.5) is 13.2 Å². The van der Waals surface area contributed by atoms with Crippen LogP contribution in [-0.4, -0.2) is 21.1 Å². The van der Waals surface area contributed by atoms with Crippen molar-refractivity contribution in [2.45, 2.75) is 18.6 Å². The minimum atomic E-state index is -4.30. The lowest BCUT2D eigenvalue weighted by atomic mass is 10.1. The Morgan fingerprint density at radius 3 is 2.88 bits per heavy atom. The van der Waals surface area contributed by atoms with Crippen molar-refractivity contribution in [1.82, 2.24) is 15.0 Å². The molecule has 0 aliphatic rings. The van der Waals surface area contributed by atoms with Crippen LogP contribution in [0.1, 0.15) is 18.2 Å². The molecule has 0 saturated heterocycles. The van der Waals surface area contributed by atoms with Gasteiger partial charge in [0, 0.05) is 6.20 Å². The molecule has 0 fully saturated rings. The number of aromatic amines is 1. The Balaban J connectivity index is 2.25. The number of aromatic nitrogens is 3. The Kier molecular flexibility index (Phi) is 2.55. The van der Waals surface area contributed by atoms with E-state index in [4.69, 9.17) is 5.73 Å². The summed E-state index contributed by atoms with van der Waals surface area (Å²) in [5, 5.41) is 0. The van der Waals surface area contributed by atoms with Gasteiger partial charge in [0.2, 0.25) is 0 Å². The molecule has 0 saturated carbocycles. The molecule has 4 nitrogen and oxygen atoms in total. The van der Waals surface area contributed by atoms with Crippen molar-refractivity contribution in [1.29, 1.82) is 0 Å². The average Bonchev–Trinajstić information content (AvgIpc) is 2.61. The number of nitrogens with two attached hydrogens (primary N) is 1. The van der Waals surface area contributed by atoms with Crippen molar-refractivity contribution >= 4 is 11.2 Å². The molecule has 2 heterocycles. The van der Waals surface area contributed by atoms with Gasteiger partial charge in [0.15, 0.2) is 5.65 Å². The normalized spacial score (nSPS) is 14.2. The summed E-state index contributed by atoms with van der Waals surface area (Å²) in [5.74, 6) is 0. The van der Waals surface area contributed by atoms with Crippen molar-refractivity contribution < 1.29 is 13.2 Å². The third-order valence-corrected chi connectivity index (χ3v) is 2.11. The molecule has 7 heteroatoms. The van der Waals surface area contributed by atoms with Crippen LogP contribution in [0, 0.1) is 0 Å². The smallest absolute Gasteiger partial charge is 0.345 e. The van der Waals surface area contributed by atoms with Gasteiger partial charge < -0.3 is 10.7 Å². The lowest BCUT2D eigenvalue weighted by molar-refractivity contribution is -0.138. The first kappa shape index (κ1) is 10.9. The number of alkyl halides is 3. The molecule has 16 heavy (non-hydrogen) atoms. The van der Waals surface area contributed by atoms with Crippen LogP contribution < -0.4 is 5.73 Å². The second kappa shape index (κ2) is 3.75. The minimum Gasteiger partial charge on any atom is -0.345 e. The zero-order chi connectivity index (χ0) is 11.8. The van der Waals surface area contributed by atoms with Crippen LogP contribution >= 0.6 is 0 Å². The van der Waals surface area contributed by atoms with Gasteiger partial charge in [-0.2, -0.15) is 13.2 Å². The van der Waals surface area contributed by atoms with E-state index in [9.17, 15) is 13.2 Å². The van der Waals surface area contributed by atoms with E-state index in [1.165, 1.54) is 6.20 Å². The lowest BCUT2D eigenvalue weighted by Crippen LogP contribution is -2.21. The molecule has 0 radical (unpaired) electrons. The Morgan fingerprint density at radius 2 is 2.19 bits per heavy atom. The summed E-state index contributed by atoms with van der Waals surface area (Å²) in [5.41, 5.74) is 6.59. The summed E-state index contributed by atoms with van der Waals surface area (Å²) in [4.78, 5) is 10.7. The monoisotopic (exact) mass is 230 g/mol. The van der Waals surface area contributed by atoms with Crippen LogP contribution in [0.25, 0.3) is 11.2 Å². The number of rotatable bonds is 2. The molecule has 2 aromatic heterocycles. The van der Waals surface area contributed by atoms with Gasteiger partial charge in [-0.3, -0.25) is 0 Å². The van der Waals surface area contributed by atoms with Crippen molar-refractivity contribution in [3.63, 3.8) is 0 Å². The van der Waals surface area contributed by atoms with E-state index >= 15 is 0 Å². The van der Waals surface area contributed by atoms with E-state index in [-0.39, 0.29) is 5.69 Å². The van der Waals surface area contributed by atoms with Gasteiger partial charge in [0.25, 0.3) is 0 Å². The fraction of sp³-hybridized carbons (Fsp3) is 0.333. The zero-order valence-corrected chi connectivity index (χ0v) is 8.12. The summed E-state index contributed by atoms with van der Waals surface area (Å²) in [6.45, 7) is 0. The third-order valence-electron chi connectivity index (χ3n) is 2.11. The molecule has 1 unspecified atom stereocenters. The van der Waals surface area contributed by atoms with Crippen LogP contribution in [-0.2, 0) is 0 Å². The summed E-state index contributed by atoms with van der Waals surface area (Å²) in [6.07, 6.45) is -2.52. The first-order valence-corrected chi connectivity index (χ1v) is 4.58. The molecule has 2 aromatic rings. The van der Waals surface area contributed by atoms with Gasteiger partial charge in [0.1, 0.15) is 5.52 Å². The highest BCUT2D eigenvalue weighted by atomic mass is 19.4. The van der Waals surface area contributed by atoms with Crippen molar-refractivity contribution in [3.05, 3.63) is 24.2 Å². The molecule has 86 valence electrons. The minimum absolute atomic E-state index is 0.143. The van der Waals surface area contributed by atoms with Crippen LogP contribution in [0.5, 0.6) is 0 Å². The summed E-state index contributed by atoms with van der Waals surface area (Å²) >= 11 is 0. The predicted octanol–water partition coefficient (Wildman–Crippen LogP) is 1.91. The van der Waals surface area contributed by atoms with Crippen LogP contribution in [0.15, 0.2) is 18.5 Å². The standard InChI is InChI=1S/C9H9F3N4/c10-9(11,12)3-5(13)7-4-15-8-6(16-7)1-2-14-8/h1-2,4-5H,3,13H2,(H,14,15). The van der Waals surface area contributed by atoms with Crippen molar-refractivity contribution in [2.24, 2.45) is 5.73 Å². The SMILES string of the molecule is NC(CC(F)(F)F)c1cnc2[nH]ccc2n1. The van der Waals surface area contributed by atoms with Gasteiger partial charge in [-0.1, -0.05) is 0 Å². The highest BCUT2D eigenvalue weighted by Crippen LogP contribution is 2.27. The van der Waals surface area contributed by atoms with Gasteiger partial charge in [-0.25, -0.2) is 9.97 Å². The Hall–Kier alpha value is -1.63. The highest BCUT2D eigenvalue weighted by Gasteiger charge is 2.31. The molecule has 2 rings (SSSR count). The first-order valence-electron chi connectivity index (χ1n) is 4.58. The molecular formula is C9H9F3N4. The maximum Gasteiger partial charge on any atom is 0.390 e. The number of fused-ring (bicyclic) bond motifs is 1. The topological polar surface area (TPSA) is 67.6 Å². The van der Waals surface area contributed by atoms with Gasteiger partial charge in [0.05, 0.1) is 24.4 Å². The number of H-pyrrole nitrogens is 1. The van der Waals surface area contributed by atoms with Gasteiger partial charge in [-0.15, -0.1) is 0 Å². The number of halogens is 3. The maximum atomic E-state index is 12.1. The lowest BCUT2D eigenvalue weighted by Gasteiger charge is -2.12. The Morgan fingerprint density at radius 1 is 1.44 bits per heavy atom. The third kappa shape index (κ3) is 2.30. The Bertz CT molecular complexity index is 491. The number of nitrogens with zero attached hydrogens (tertiary/aromatic N) is 2. The fourth-order valence-corrected chi connectivity index (χ4v) is 1.38. The quantitative estimate of drug-likeness (QED) is 0.828. The van der Waals surface area contributed by atoms with E-state index in [2.05, 4.69) is 15.0 Å². The molecule has 3 N–H and O–H groups in total. The highest BCUT2D eigenvalue weighted by molar-refractivity contribution is 5.69. The van der Waals surface area contributed by atoms with Crippen molar-refractivity contribution in [3.8, 4) is 0 Å². The van der Waals surface area contributed by atoms with E-state index in [0.29, 0.717) is 11.2 Å². The second-order valence-electron chi connectivity index (χ2n) is 3.43.